The van der Waals surface area contributed by atoms with Crippen LogP contribution in [0.2, 0.25) is 0 Å². The molecule has 134 valence electrons. The van der Waals surface area contributed by atoms with Gasteiger partial charge in [0.05, 0.1) is 0 Å². The Balaban J connectivity index is 1.45. The maximum absolute atomic E-state index is 12.5. The van der Waals surface area contributed by atoms with Crippen molar-refractivity contribution in [3.8, 4) is 11.5 Å². The van der Waals surface area contributed by atoms with Crippen molar-refractivity contribution in [1.29, 1.82) is 0 Å². The summed E-state index contributed by atoms with van der Waals surface area (Å²) in [7, 11) is 0. The first kappa shape index (κ1) is 16.4. The lowest BCUT2D eigenvalue weighted by atomic mass is 10.2. The van der Waals surface area contributed by atoms with Crippen molar-refractivity contribution in [1.82, 2.24) is 10.3 Å². The first-order chi connectivity index (χ1) is 12.7. The highest BCUT2D eigenvalue weighted by molar-refractivity contribution is 6.04. The number of amides is 2. The normalized spacial score (nSPS) is 15.7. The molecular formula is C19H19N3O4. The number of nitrogens with one attached hydrogen (secondary N) is 2. The molecule has 2 aliphatic rings. The van der Waals surface area contributed by atoms with E-state index in [9.17, 15) is 9.59 Å². The van der Waals surface area contributed by atoms with Crippen LogP contribution in [0.5, 0.6) is 11.5 Å². The van der Waals surface area contributed by atoms with E-state index >= 15 is 0 Å². The number of anilines is 1. The third-order valence-corrected chi connectivity index (χ3v) is 4.54. The van der Waals surface area contributed by atoms with E-state index in [1.165, 1.54) is 0 Å². The van der Waals surface area contributed by atoms with Crippen molar-refractivity contribution < 1.29 is 19.1 Å². The van der Waals surface area contributed by atoms with Crippen molar-refractivity contribution in [3.63, 3.8) is 0 Å². The van der Waals surface area contributed by atoms with Gasteiger partial charge >= 0.3 is 0 Å². The molecule has 0 atom stereocenters. The van der Waals surface area contributed by atoms with Crippen molar-refractivity contribution in [2.75, 3.05) is 12.1 Å². The van der Waals surface area contributed by atoms with Gasteiger partial charge in [0.15, 0.2) is 11.5 Å². The average molecular weight is 353 g/mol. The van der Waals surface area contributed by atoms with Crippen LogP contribution in [-0.2, 0) is 0 Å². The Morgan fingerprint density at radius 2 is 1.69 bits per heavy atom. The van der Waals surface area contributed by atoms with Gasteiger partial charge in [0.1, 0.15) is 11.4 Å². The predicted octanol–water partition coefficient (Wildman–Crippen LogP) is 2.74. The molecule has 2 aromatic rings. The summed E-state index contributed by atoms with van der Waals surface area (Å²) in [6, 6.07) is 10.2. The SMILES string of the molecule is O=C(Nc1ccc2c(c1)OCO2)c1cccc(C(=O)NC2CCCC2)n1. The third kappa shape index (κ3) is 3.46. The van der Waals surface area contributed by atoms with Gasteiger partial charge in [-0.05, 0) is 37.1 Å². The number of carbonyl (C=O) groups excluding carboxylic acids is 2. The quantitative estimate of drug-likeness (QED) is 0.882. The standard InChI is InChI=1S/C19H19N3O4/c23-18(20-12-4-1-2-5-12)14-6-3-7-15(22-14)19(24)21-13-8-9-16-17(10-13)26-11-25-16/h3,6-10,12H,1-2,4-5,11H2,(H,20,23)(H,21,24). The molecule has 1 aliphatic heterocycles. The van der Waals surface area contributed by atoms with Crippen LogP contribution >= 0.6 is 0 Å². The molecule has 1 fully saturated rings. The number of fused-ring (bicyclic) bond motifs is 1. The van der Waals surface area contributed by atoms with Gasteiger partial charge in [0.25, 0.3) is 11.8 Å². The van der Waals surface area contributed by atoms with Crippen molar-refractivity contribution in [3.05, 3.63) is 47.8 Å². The highest BCUT2D eigenvalue weighted by Gasteiger charge is 2.20. The molecule has 26 heavy (non-hydrogen) atoms. The fourth-order valence-electron chi connectivity index (χ4n) is 3.19. The lowest BCUT2D eigenvalue weighted by molar-refractivity contribution is 0.0932. The summed E-state index contributed by atoms with van der Waals surface area (Å²) in [5.74, 6) is 0.598. The second-order valence-corrected chi connectivity index (χ2v) is 6.39. The molecule has 4 rings (SSSR count). The lowest BCUT2D eigenvalue weighted by Crippen LogP contribution is -2.33. The number of hydrogen-bond acceptors (Lipinski definition) is 5. The summed E-state index contributed by atoms with van der Waals surface area (Å²) in [6.45, 7) is 0.173. The summed E-state index contributed by atoms with van der Waals surface area (Å²) in [4.78, 5) is 29.0. The van der Waals surface area contributed by atoms with E-state index < -0.39 is 0 Å². The van der Waals surface area contributed by atoms with Gasteiger partial charge in [-0.25, -0.2) is 4.98 Å². The summed E-state index contributed by atoms with van der Waals surface area (Å²) in [6.07, 6.45) is 4.26. The van der Waals surface area contributed by atoms with E-state index in [2.05, 4.69) is 15.6 Å². The van der Waals surface area contributed by atoms with Gasteiger partial charge in [0, 0.05) is 17.8 Å². The molecule has 0 unspecified atom stereocenters. The minimum atomic E-state index is -0.389. The summed E-state index contributed by atoms with van der Waals surface area (Å²) in [5.41, 5.74) is 0.999. The monoisotopic (exact) mass is 353 g/mol. The van der Waals surface area contributed by atoms with Crippen LogP contribution < -0.4 is 20.1 Å². The summed E-state index contributed by atoms with van der Waals surface area (Å²) >= 11 is 0. The summed E-state index contributed by atoms with van der Waals surface area (Å²) in [5, 5.41) is 5.73. The van der Waals surface area contributed by atoms with E-state index in [0.717, 1.165) is 25.7 Å². The number of aromatic nitrogens is 1. The molecule has 1 aliphatic carbocycles. The first-order valence-corrected chi connectivity index (χ1v) is 8.68. The van der Waals surface area contributed by atoms with Crippen LogP contribution in [0.25, 0.3) is 0 Å². The van der Waals surface area contributed by atoms with Crippen LogP contribution in [0, 0.1) is 0 Å². The second kappa shape index (κ2) is 7.03. The molecule has 7 nitrogen and oxygen atoms in total. The van der Waals surface area contributed by atoms with E-state index in [-0.39, 0.29) is 36.0 Å². The van der Waals surface area contributed by atoms with Gasteiger partial charge in [-0.2, -0.15) is 0 Å². The van der Waals surface area contributed by atoms with E-state index in [0.29, 0.717) is 17.2 Å². The summed E-state index contributed by atoms with van der Waals surface area (Å²) < 4.78 is 10.5. The molecule has 2 heterocycles. The van der Waals surface area contributed by atoms with E-state index in [1.54, 1.807) is 36.4 Å². The van der Waals surface area contributed by atoms with Gasteiger partial charge < -0.3 is 20.1 Å². The van der Waals surface area contributed by atoms with Crippen LogP contribution in [0.4, 0.5) is 5.69 Å². The Hall–Kier alpha value is -3.09. The highest BCUT2D eigenvalue weighted by Crippen LogP contribution is 2.34. The molecule has 2 amide bonds. The zero-order valence-corrected chi connectivity index (χ0v) is 14.2. The second-order valence-electron chi connectivity index (χ2n) is 6.39. The highest BCUT2D eigenvalue weighted by atomic mass is 16.7. The number of rotatable bonds is 4. The molecule has 1 aromatic heterocycles. The molecule has 0 spiro atoms. The average Bonchev–Trinajstić information content (AvgIpc) is 3.33. The Bertz CT molecular complexity index is 846. The number of hydrogen-bond donors (Lipinski definition) is 2. The Kier molecular flexibility index (Phi) is 4.43. The Labute approximate surface area is 150 Å². The van der Waals surface area contributed by atoms with Gasteiger partial charge in [-0.3, -0.25) is 9.59 Å². The van der Waals surface area contributed by atoms with Gasteiger partial charge in [-0.1, -0.05) is 18.9 Å². The fraction of sp³-hybridized carbons (Fsp3) is 0.316. The Morgan fingerprint density at radius 1 is 0.962 bits per heavy atom. The zero-order valence-electron chi connectivity index (χ0n) is 14.2. The number of pyridine rings is 1. The Morgan fingerprint density at radius 3 is 2.50 bits per heavy atom. The number of benzene rings is 1. The van der Waals surface area contributed by atoms with Crippen LogP contribution in [0.15, 0.2) is 36.4 Å². The molecule has 2 N–H and O–H groups in total. The van der Waals surface area contributed by atoms with Crippen LogP contribution in [0.3, 0.4) is 0 Å². The van der Waals surface area contributed by atoms with Crippen LogP contribution in [0.1, 0.15) is 46.7 Å². The molecule has 1 saturated carbocycles. The zero-order chi connectivity index (χ0) is 17.9. The van der Waals surface area contributed by atoms with Crippen molar-refractivity contribution >= 4 is 17.5 Å². The number of nitrogens with zero attached hydrogens (tertiary/aromatic N) is 1. The maximum Gasteiger partial charge on any atom is 0.274 e. The topological polar surface area (TPSA) is 89.5 Å². The molecule has 0 radical (unpaired) electrons. The number of carbonyl (C=O) groups is 2. The molecule has 0 bridgehead atoms. The fourth-order valence-corrected chi connectivity index (χ4v) is 3.19. The smallest absolute Gasteiger partial charge is 0.274 e. The van der Waals surface area contributed by atoms with Gasteiger partial charge in [-0.15, -0.1) is 0 Å². The third-order valence-electron chi connectivity index (χ3n) is 4.54. The molecule has 1 aromatic carbocycles. The van der Waals surface area contributed by atoms with E-state index in [4.69, 9.17) is 9.47 Å². The van der Waals surface area contributed by atoms with Gasteiger partial charge in [0.2, 0.25) is 6.79 Å². The lowest BCUT2D eigenvalue weighted by Gasteiger charge is -2.12. The largest absolute Gasteiger partial charge is 0.454 e. The molecule has 7 heteroatoms. The number of ether oxygens (including phenoxy) is 2. The minimum absolute atomic E-state index is 0.173. The van der Waals surface area contributed by atoms with Crippen LogP contribution in [-0.4, -0.2) is 29.6 Å². The molecule has 0 saturated heterocycles. The van der Waals surface area contributed by atoms with Crippen molar-refractivity contribution in [2.24, 2.45) is 0 Å². The van der Waals surface area contributed by atoms with E-state index in [1.807, 2.05) is 0 Å². The first-order valence-electron chi connectivity index (χ1n) is 8.68. The predicted molar refractivity (Wildman–Crippen MR) is 94.5 cm³/mol. The molecular weight excluding hydrogens is 334 g/mol. The minimum Gasteiger partial charge on any atom is -0.454 e. The maximum atomic E-state index is 12.5. The van der Waals surface area contributed by atoms with Crippen molar-refractivity contribution in [2.45, 2.75) is 31.7 Å².